The van der Waals surface area contributed by atoms with Crippen molar-refractivity contribution in [3.63, 3.8) is 0 Å². The van der Waals surface area contributed by atoms with Crippen LogP contribution in [0.4, 0.5) is 5.69 Å². The van der Waals surface area contributed by atoms with Gasteiger partial charge in [0.15, 0.2) is 0 Å². The summed E-state index contributed by atoms with van der Waals surface area (Å²) in [5, 5.41) is 0.668. The molecule has 0 amide bonds. The van der Waals surface area contributed by atoms with Gasteiger partial charge < -0.3 is 4.74 Å². The number of benzene rings is 2. The van der Waals surface area contributed by atoms with Crippen molar-refractivity contribution in [2.24, 2.45) is 0 Å². The van der Waals surface area contributed by atoms with Gasteiger partial charge in [0.25, 0.3) is 10.0 Å². The van der Waals surface area contributed by atoms with Crippen LogP contribution in [-0.4, -0.2) is 15.0 Å². The minimum atomic E-state index is -3.71. The molecule has 21 heavy (non-hydrogen) atoms. The Labute approximate surface area is 133 Å². The molecule has 0 spiro atoms. The second-order valence-corrected chi connectivity index (χ2v) is 6.66. The quantitative estimate of drug-likeness (QED) is 0.883. The van der Waals surface area contributed by atoms with Gasteiger partial charge in [-0.2, -0.15) is 0 Å². The zero-order valence-corrected chi connectivity index (χ0v) is 13.5. The molecule has 0 aliphatic rings. The minimum Gasteiger partial charge on any atom is -0.494 e. The van der Waals surface area contributed by atoms with E-state index in [4.69, 9.17) is 27.9 Å². The molecule has 0 aliphatic heterocycles. The van der Waals surface area contributed by atoms with Gasteiger partial charge in [0.05, 0.1) is 22.2 Å². The summed E-state index contributed by atoms with van der Waals surface area (Å²) >= 11 is 11.7. The number of hydrogen-bond acceptors (Lipinski definition) is 3. The Bertz CT molecular complexity index is 730. The lowest BCUT2D eigenvalue weighted by Gasteiger charge is -2.10. The molecule has 2 aromatic rings. The second kappa shape index (κ2) is 6.56. The summed E-state index contributed by atoms with van der Waals surface area (Å²) < 4.78 is 32.2. The van der Waals surface area contributed by atoms with Gasteiger partial charge in [0, 0.05) is 5.02 Å². The van der Waals surface area contributed by atoms with Crippen molar-refractivity contribution >= 4 is 38.9 Å². The first kappa shape index (κ1) is 15.9. The molecular weight excluding hydrogens is 333 g/mol. The second-order valence-electron chi connectivity index (χ2n) is 4.13. The molecule has 1 N–H and O–H groups in total. The van der Waals surface area contributed by atoms with Crippen molar-refractivity contribution < 1.29 is 13.2 Å². The van der Waals surface area contributed by atoms with Crippen LogP contribution >= 0.6 is 23.2 Å². The monoisotopic (exact) mass is 345 g/mol. The Morgan fingerprint density at radius 2 is 1.76 bits per heavy atom. The maximum atomic E-state index is 12.3. The Kier molecular flexibility index (Phi) is 4.98. The maximum Gasteiger partial charge on any atom is 0.261 e. The number of halogens is 2. The van der Waals surface area contributed by atoms with Crippen molar-refractivity contribution in [1.29, 1.82) is 0 Å². The molecule has 0 heterocycles. The summed E-state index contributed by atoms with van der Waals surface area (Å²) in [6.45, 7) is 2.37. The Morgan fingerprint density at radius 3 is 2.33 bits per heavy atom. The van der Waals surface area contributed by atoms with Crippen molar-refractivity contribution in [2.75, 3.05) is 11.3 Å². The van der Waals surface area contributed by atoms with Gasteiger partial charge in [-0.25, -0.2) is 8.42 Å². The third kappa shape index (κ3) is 4.03. The number of hydrogen-bond donors (Lipinski definition) is 1. The summed E-state index contributed by atoms with van der Waals surface area (Å²) in [6.07, 6.45) is 0. The molecule has 0 saturated heterocycles. The molecule has 112 valence electrons. The Morgan fingerprint density at radius 1 is 1.10 bits per heavy atom. The van der Waals surface area contributed by atoms with E-state index >= 15 is 0 Å². The van der Waals surface area contributed by atoms with Crippen LogP contribution in [0.25, 0.3) is 0 Å². The van der Waals surface area contributed by atoms with Gasteiger partial charge in [-0.3, -0.25) is 4.72 Å². The van der Waals surface area contributed by atoms with E-state index in [0.29, 0.717) is 17.4 Å². The third-order valence-corrected chi connectivity index (χ3v) is 4.55. The van der Waals surface area contributed by atoms with E-state index in [1.54, 1.807) is 18.2 Å². The molecule has 0 saturated carbocycles. The van der Waals surface area contributed by atoms with Gasteiger partial charge >= 0.3 is 0 Å². The molecular formula is C14H13Cl2NO3S. The first-order valence-corrected chi connectivity index (χ1v) is 8.37. The number of anilines is 1. The van der Waals surface area contributed by atoms with Crippen molar-refractivity contribution in [2.45, 2.75) is 11.8 Å². The van der Waals surface area contributed by atoms with Crippen LogP contribution in [0, 0.1) is 0 Å². The maximum absolute atomic E-state index is 12.3. The van der Waals surface area contributed by atoms with Crippen LogP contribution < -0.4 is 9.46 Å². The Balaban J connectivity index is 2.25. The fourth-order valence-electron chi connectivity index (χ4n) is 1.66. The number of nitrogens with one attached hydrogen (secondary N) is 1. The van der Waals surface area contributed by atoms with Gasteiger partial charge in [-0.05, 0) is 49.4 Å². The highest BCUT2D eigenvalue weighted by molar-refractivity contribution is 7.92. The minimum absolute atomic E-state index is 0.122. The third-order valence-electron chi connectivity index (χ3n) is 2.62. The van der Waals surface area contributed by atoms with Crippen molar-refractivity contribution in [3.8, 4) is 5.75 Å². The van der Waals surface area contributed by atoms with Crippen molar-refractivity contribution in [3.05, 3.63) is 52.5 Å². The predicted octanol–water partition coefficient (Wildman–Crippen LogP) is 4.19. The van der Waals surface area contributed by atoms with Crippen LogP contribution in [0.2, 0.25) is 10.0 Å². The molecule has 7 heteroatoms. The fourth-order valence-corrected chi connectivity index (χ4v) is 3.25. The predicted molar refractivity (Wildman–Crippen MR) is 84.9 cm³/mol. The summed E-state index contributed by atoms with van der Waals surface area (Å²) in [5.74, 6) is 0.612. The normalized spacial score (nSPS) is 11.2. The molecule has 0 aliphatic carbocycles. The number of sulfonamides is 1. The summed E-state index contributed by atoms with van der Waals surface area (Å²) in [6, 6.07) is 10.7. The highest BCUT2D eigenvalue weighted by Crippen LogP contribution is 2.28. The van der Waals surface area contributed by atoms with E-state index < -0.39 is 10.0 Å². The first-order valence-electron chi connectivity index (χ1n) is 6.13. The van der Waals surface area contributed by atoms with Crippen LogP contribution in [0.3, 0.4) is 0 Å². The first-order chi connectivity index (χ1) is 9.92. The molecule has 2 rings (SSSR count). The highest BCUT2D eigenvalue weighted by Gasteiger charge is 2.15. The van der Waals surface area contributed by atoms with Gasteiger partial charge in [0.2, 0.25) is 0 Å². The topological polar surface area (TPSA) is 55.4 Å². The van der Waals surface area contributed by atoms with E-state index in [0.717, 1.165) is 0 Å². The fraction of sp³-hybridized carbons (Fsp3) is 0.143. The largest absolute Gasteiger partial charge is 0.494 e. The highest BCUT2D eigenvalue weighted by atomic mass is 35.5. The molecule has 0 aromatic heterocycles. The lowest BCUT2D eigenvalue weighted by Crippen LogP contribution is -2.13. The van der Waals surface area contributed by atoms with Crippen molar-refractivity contribution in [1.82, 2.24) is 0 Å². The molecule has 0 atom stereocenters. The smallest absolute Gasteiger partial charge is 0.261 e. The Hall–Kier alpha value is -1.43. The number of rotatable bonds is 5. The average molecular weight is 346 g/mol. The summed E-state index contributed by atoms with van der Waals surface area (Å²) in [5.41, 5.74) is 0.273. The van der Waals surface area contributed by atoms with E-state index in [1.165, 1.54) is 24.3 Å². The van der Waals surface area contributed by atoms with E-state index in [1.807, 2.05) is 6.92 Å². The molecule has 0 fully saturated rings. The van der Waals surface area contributed by atoms with Gasteiger partial charge in [-0.1, -0.05) is 23.2 Å². The standard InChI is InChI=1S/C14H13Cl2NO3S/c1-2-20-11-4-6-12(7-5-11)21(18,19)17-14-8-3-10(15)9-13(14)16/h3-9,17H,2H2,1H3. The lowest BCUT2D eigenvalue weighted by molar-refractivity contribution is 0.340. The van der Waals surface area contributed by atoms with E-state index in [9.17, 15) is 8.42 Å². The van der Waals surface area contributed by atoms with E-state index in [-0.39, 0.29) is 15.6 Å². The van der Waals surface area contributed by atoms with Gasteiger partial charge in [0.1, 0.15) is 5.75 Å². The number of ether oxygens (including phenoxy) is 1. The lowest BCUT2D eigenvalue weighted by atomic mass is 10.3. The molecule has 0 bridgehead atoms. The summed E-state index contributed by atoms with van der Waals surface area (Å²) in [4.78, 5) is 0.122. The zero-order chi connectivity index (χ0) is 15.5. The molecule has 4 nitrogen and oxygen atoms in total. The molecule has 0 unspecified atom stereocenters. The molecule has 2 aromatic carbocycles. The SMILES string of the molecule is CCOc1ccc(S(=O)(=O)Nc2ccc(Cl)cc2Cl)cc1. The van der Waals surface area contributed by atoms with Crippen LogP contribution in [0.5, 0.6) is 5.75 Å². The van der Waals surface area contributed by atoms with Gasteiger partial charge in [-0.15, -0.1) is 0 Å². The van der Waals surface area contributed by atoms with Crippen LogP contribution in [0.15, 0.2) is 47.4 Å². The van der Waals surface area contributed by atoms with Crippen LogP contribution in [-0.2, 0) is 10.0 Å². The molecule has 0 radical (unpaired) electrons. The zero-order valence-electron chi connectivity index (χ0n) is 11.1. The van der Waals surface area contributed by atoms with E-state index in [2.05, 4.69) is 4.72 Å². The van der Waals surface area contributed by atoms with Crippen LogP contribution in [0.1, 0.15) is 6.92 Å². The summed E-state index contributed by atoms with van der Waals surface area (Å²) in [7, 11) is -3.71. The average Bonchev–Trinajstić information content (AvgIpc) is 2.43.